The SMILES string of the molecule is CC(C)(C)SCCNC(=O)Cc1ccccc1. The van der Waals surface area contributed by atoms with E-state index in [0.29, 0.717) is 6.42 Å². The Morgan fingerprint density at radius 1 is 1.24 bits per heavy atom. The molecule has 0 atom stereocenters. The van der Waals surface area contributed by atoms with Crippen LogP contribution < -0.4 is 5.32 Å². The summed E-state index contributed by atoms with van der Waals surface area (Å²) < 4.78 is 0.268. The fourth-order valence-electron chi connectivity index (χ4n) is 1.39. The van der Waals surface area contributed by atoms with Crippen LogP contribution in [0, 0.1) is 0 Å². The maximum Gasteiger partial charge on any atom is 0.224 e. The average Bonchev–Trinajstić information content (AvgIpc) is 2.25. The van der Waals surface area contributed by atoms with Gasteiger partial charge in [0, 0.05) is 17.0 Å². The molecule has 3 heteroatoms. The van der Waals surface area contributed by atoms with Crippen molar-refractivity contribution in [3.63, 3.8) is 0 Å². The van der Waals surface area contributed by atoms with E-state index < -0.39 is 0 Å². The summed E-state index contributed by atoms with van der Waals surface area (Å²) in [4.78, 5) is 11.6. The van der Waals surface area contributed by atoms with Gasteiger partial charge in [-0.2, -0.15) is 11.8 Å². The van der Waals surface area contributed by atoms with Gasteiger partial charge in [0.05, 0.1) is 6.42 Å². The Morgan fingerprint density at radius 2 is 1.88 bits per heavy atom. The summed E-state index contributed by atoms with van der Waals surface area (Å²) in [6.07, 6.45) is 0.473. The van der Waals surface area contributed by atoms with Crippen molar-refractivity contribution < 1.29 is 4.79 Å². The number of benzene rings is 1. The van der Waals surface area contributed by atoms with E-state index in [1.54, 1.807) is 0 Å². The standard InChI is InChI=1S/C14H21NOS/c1-14(2,3)17-10-9-15-13(16)11-12-7-5-4-6-8-12/h4-8H,9-11H2,1-3H3,(H,15,16). The Hall–Kier alpha value is -0.960. The zero-order chi connectivity index (χ0) is 12.7. The summed E-state index contributed by atoms with van der Waals surface area (Å²) in [7, 11) is 0. The fourth-order valence-corrected chi connectivity index (χ4v) is 2.21. The van der Waals surface area contributed by atoms with E-state index in [9.17, 15) is 4.79 Å². The second kappa shape index (κ2) is 6.70. The Bertz CT molecular complexity index is 343. The lowest BCUT2D eigenvalue weighted by atomic mass is 10.1. The maximum absolute atomic E-state index is 11.6. The molecule has 0 aliphatic rings. The number of nitrogens with one attached hydrogen (secondary N) is 1. The maximum atomic E-state index is 11.6. The molecule has 0 aliphatic carbocycles. The third-order valence-corrected chi connectivity index (χ3v) is 3.44. The average molecular weight is 251 g/mol. The van der Waals surface area contributed by atoms with Crippen molar-refractivity contribution in [3.05, 3.63) is 35.9 Å². The first-order valence-corrected chi connectivity index (χ1v) is 6.90. The molecule has 0 aromatic heterocycles. The summed E-state index contributed by atoms with van der Waals surface area (Å²) in [5.41, 5.74) is 1.06. The van der Waals surface area contributed by atoms with Crippen molar-refractivity contribution in [2.45, 2.75) is 31.9 Å². The second-order valence-corrected chi connectivity index (χ2v) is 6.89. The minimum absolute atomic E-state index is 0.103. The van der Waals surface area contributed by atoms with Crippen LogP contribution in [0.25, 0.3) is 0 Å². The molecule has 1 aromatic carbocycles. The lowest BCUT2D eigenvalue weighted by Crippen LogP contribution is -2.28. The highest BCUT2D eigenvalue weighted by Gasteiger charge is 2.10. The van der Waals surface area contributed by atoms with Crippen LogP contribution in [0.4, 0.5) is 0 Å². The molecule has 1 aromatic rings. The Balaban J connectivity index is 2.18. The normalized spacial score (nSPS) is 11.2. The predicted molar refractivity (Wildman–Crippen MR) is 75.4 cm³/mol. The first kappa shape index (κ1) is 14.1. The van der Waals surface area contributed by atoms with Crippen molar-refractivity contribution >= 4 is 17.7 Å². The van der Waals surface area contributed by atoms with Gasteiger partial charge in [0.1, 0.15) is 0 Å². The van der Waals surface area contributed by atoms with Crippen LogP contribution in [0.15, 0.2) is 30.3 Å². The zero-order valence-corrected chi connectivity index (χ0v) is 11.6. The lowest BCUT2D eigenvalue weighted by molar-refractivity contribution is -0.120. The molecule has 94 valence electrons. The van der Waals surface area contributed by atoms with Crippen LogP contribution in [0.2, 0.25) is 0 Å². The van der Waals surface area contributed by atoms with Crippen LogP contribution in [-0.2, 0) is 11.2 Å². The monoisotopic (exact) mass is 251 g/mol. The topological polar surface area (TPSA) is 29.1 Å². The van der Waals surface area contributed by atoms with Gasteiger partial charge >= 0.3 is 0 Å². The molecule has 1 N–H and O–H groups in total. The number of carbonyl (C=O) groups is 1. The third-order valence-electron chi connectivity index (χ3n) is 2.17. The first-order chi connectivity index (χ1) is 7.97. The van der Waals surface area contributed by atoms with Crippen molar-refractivity contribution in [3.8, 4) is 0 Å². The van der Waals surface area contributed by atoms with E-state index in [1.165, 1.54) is 0 Å². The first-order valence-electron chi connectivity index (χ1n) is 5.92. The Kier molecular flexibility index (Phi) is 5.56. The highest BCUT2D eigenvalue weighted by atomic mass is 32.2. The summed E-state index contributed by atoms with van der Waals surface area (Å²) in [5, 5.41) is 2.94. The van der Waals surface area contributed by atoms with E-state index in [1.807, 2.05) is 42.1 Å². The molecule has 0 spiro atoms. The largest absolute Gasteiger partial charge is 0.355 e. The van der Waals surface area contributed by atoms with Crippen LogP contribution in [0.3, 0.4) is 0 Å². The van der Waals surface area contributed by atoms with Crippen molar-refractivity contribution in [1.82, 2.24) is 5.32 Å². The molecule has 0 heterocycles. The van der Waals surface area contributed by atoms with E-state index in [4.69, 9.17) is 0 Å². The van der Waals surface area contributed by atoms with Gasteiger partial charge in [-0.25, -0.2) is 0 Å². The van der Waals surface area contributed by atoms with Crippen LogP contribution in [-0.4, -0.2) is 23.0 Å². The third kappa shape index (κ3) is 7.05. The van der Waals surface area contributed by atoms with Gasteiger partial charge in [-0.3, -0.25) is 4.79 Å². The van der Waals surface area contributed by atoms with Crippen LogP contribution in [0.1, 0.15) is 26.3 Å². The van der Waals surface area contributed by atoms with Crippen LogP contribution >= 0.6 is 11.8 Å². The van der Waals surface area contributed by atoms with E-state index in [0.717, 1.165) is 17.9 Å². The van der Waals surface area contributed by atoms with E-state index >= 15 is 0 Å². The fraction of sp³-hybridized carbons (Fsp3) is 0.500. The molecule has 0 unspecified atom stereocenters. The molecule has 1 rings (SSSR count). The minimum atomic E-state index is 0.103. The van der Waals surface area contributed by atoms with Gasteiger partial charge < -0.3 is 5.32 Å². The van der Waals surface area contributed by atoms with Crippen molar-refractivity contribution in [1.29, 1.82) is 0 Å². The zero-order valence-electron chi connectivity index (χ0n) is 10.8. The Morgan fingerprint density at radius 3 is 2.47 bits per heavy atom. The summed E-state index contributed by atoms with van der Waals surface area (Å²) in [6, 6.07) is 9.82. The number of rotatable bonds is 5. The number of amides is 1. The van der Waals surface area contributed by atoms with Crippen molar-refractivity contribution in [2.75, 3.05) is 12.3 Å². The summed E-state index contributed by atoms with van der Waals surface area (Å²) in [6.45, 7) is 7.30. The van der Waals surface area contributed by atoms with E-state index in [2.05, 4.69) is 26.1 Å². The lowest BCUT2D eigenvalue weighted by Gasteiger charge is -2.17. The second-order valence-electron chi connectivity index (χ2n) is 4.97. The van der Waals surface area contributed by atoms with Gasteiger partial charge in [0.2, 0.25) is 5.91 Å². The molecule has 1 amide bonds. The molecule has 0 saturated heterocycles. The number of carbonyl (C=O) groups excluding carboxylic acids is 1. The smallest absolute Gasteiger partial charge is 0.224 e. The van der Waals surface area contributed by atoms with Gasteiger partial charge in [-0.05, 0) is 5.56 Å². The molecular weight excluding hydrogens is 230 g/mol. The molecule has 0 radical (unpaired) electrons. The quantitative estimate of drug-likeness (QED) is 0.815. The number of hydrogen-bond donors (Lipinski definition) is 1. The van der Waals surface area contributed by atoms with Crippen molar-refractivity contribution in [2.24, 2.45) is 0 Å². The number of thioether (sulfide) groups is 1. The van der Waals surface area contributed by atoms with E-state index in [-0.39, 0.29) is 10.7 Å². The predicted octanol–water partition coefficient (Wildman–Crippen LogP) is 2.88. The highest BCUT2D eigenvalue weighted by Crippen LogP contribution is 2.21. The molecule has 0 bridgehead atoms. The molecule has 2 nitrogen and oxygen atoms in total. The van der Waals surface area contributed by atoms with Gasteiger partial charge in [-0.15, -0.1) is 0 Å². The van der Waals surface area contributed by atoms with Crippen LogP contribution in [0.5, 0.6) is 0 Å². The van der Waals surface area contributed by atoms with Gasteiger partial charge in [0.15, 0.2) is 0 Å². The molecule has 17 heavy (non-hydrogen) atoms. The molecular formula is C14H21NOS. The molecule has 0 saturated carbocycles. The minimum Gasteiger partial charge on any atom is -0.355 e. The number of hydrogen-bond acceptors (Lipinski definition) is 2. The highest BCUT2D eigenvalue weighted by molar-refractivity contribution is 8.00. The van der Waals surface area contributed by atoms with Gasteiger partial charge in [0.25, 0.3) is 0 Å². The summed E-state index contributed by atoms with van der Waals surface area (Å²) in [5.74, 6) is 1.06. The molecule has 0 aliphatic heterocycles. The summed E-state index contributed by atoms with van der Waals surface area (Å²) >= 11 is 1.87. The Labute approximate surface area is 108 Å². The van der Waals surface area contributed by atoms with Gasteiger partial charge in [-0.1, -0.05) is 51.1 Å². The molecule has 0 fully saturated rings.